The first kappa shape index (κ1) is 26.3. The normalized spacial score (nSPS) is 13.3. The minimum atomic E-state index is -1.66. The summed E-state index contributed by atoms with van der Waals surface area (Å²) in [4.78, 5) is 58.9. The zero-order valence-corrected chi connectivity index (χ0v) is 17.0. The summed E-state index contributed by atoms with van der Waals surface area (Å²) in [6, 6.07) is 1.46. The van der Waals surface area contributed by atoms with Crippen molar-refractivity contribution in [3.63, 3.8) is 0 Å². The molecule has 0 aliphatic carbocycles. The van der Waals surface area contributed by atoms with E-state index in [0.717, 1.165) is 0 Å². The number of nitrogens with two attached hydrogens (primary N) is 1. The molecule has 0 fully saturated rings. The second-order valence-electron chi connectivity index (χ2n) is 6.77. The summed E-state index contributed by atoms with van der Waals surface area (Å²) >= 11 is 0. The fourth-order valence-electron chi connectivity index (χ4n) is 2.60. The minimum absolute atomic E-state index is 0.0111. The van der Waals surface area contributed by atoms with Crippen LogP contribution in [0.3, 0.4) is 0 Å². The summed E-state index contributed by atoms with van der Waals surface area (Å²) in [6.07, 6.45) is -0.937. The van der Waals surface area contributed by atoms with E-state index in [9.17, 15) is 29.1 Å². The summed E-state index contributed by atoms with van der Waals surface area (Å²) < 4.78 is 0. The largest absolute Gasteiger partial charge is 0.508 e. The van der Waals surface area contributed by atoms with Crippen molar-refractivity contribution < 1.29 is 44.4 Å². The van der Waals surface area contributed by atoms with Gasteiger partial charge >= 0.3 is 11.9 Å². The average molecular weight is 454 g/mol. The van der Waals surface area contributed by atoms with Gasteiger partial charge in [0.05, 0.1) is 13.2 Å². The number of nitrogens with one attached hydrogen (secondary N) is 3. The number of aliphatic hydroxyl groups excluding tert-OH is 1. The Morgan fingerprint density at radius 3 is 1.94 bits per heavy atom. The van der Waals surface area contributed by atoms with E-state index in [1.165, 1.54) is 24.3 Å². The number of carboxylic acids is 2. The molecule has 32 heavy (non-hydrogen) atoms. The van der Waals surface area contributed by atoms with Crippen LogP contribution in [0.2, 0.25) is 0 Å². The highest BCUT2D eigenvalue weighted by Gasteiger charge is 2.29. The molecule has 1 rings (SSSR count). The van der Waals surface area contributed by atoms with Gasteiger partial charge in [-0.2, -0.15) is 0 Å². The first-order valence-electron chi connectivity index (χ1n) is 9.50. The number of hydrogen-bond donors (Lipinski definition) is 8. The minimum Gasteiger partial charge on any atom is -0.508 e. The quantitative estimate of drug-likeness (QED) is 0.154. The topological polar surface area (TPSA) is 228 Å². The summed E-state index contributed by atoms with van der Waals surface area (Å²) in [5.41, 5.74) is 5.83. The maximum absolute atomic E-state index is 12.8. The smallest absolute Gasteiger partial charge is 0.328 e. The predicted molar refractivity (Wildman–Crippen MR) is 108 cm³/mol. The lowest BCUT2D eigenvalue weighted by atomic mass is 10.0. The molecule has 0 aliphatic heterocycles. The summed E-state index contributed by atoms with van der Waals surface area (Å²) in [5, 5.41) is 43.0. The van der Waals surface area contributed by atoms with E-state index in [0.29, 0.717) is 5.56 Å². The zero-order chi connectivity index (χ0) is 24.3. The van der Waals surface area contributed by atoms with Gasteiger partial charge in [0.1, 0.15) is 23.9 Å². The number of benzene rings is 1. The van der Waals surface area contributed by atoms with Gasteiger partial charge in [0.15, 0.2) is 0 Å². The molecule has 1 aromatic carbocycles. The lowest BCUT2D eigenvalue weighted by Gasteiger charge is -2.24. The van der Waals surface area contributed by atoms with Crippen LogP contribution in [-0.2, 0) is 30.4 Å². The second kappa shape index (κ2) is 12.9. The van der Waals surface area contributed by atoms with E-state index in [1.54, 1.807) is 0 Å². The molecule has 0 radical (unpaired) electrons. The van der Waals surface area contributed by atoms with Crippen molar-refractivity contribution in [2.24, 2.45) is 5.73 Å². The summed E-state index contributed by atoms with van der Waals surface area (Å²) in [7, 11) is 0. The third-order valence-corrected chi connectivity index (χ3v) is 4.29. The SMILES string of the molecule is NCC(=O)NC(Cc1ccc(O)cc1)C(=O)NC(CCC(=O)O)C(=O)NC(CO)C(=O)O. The van der Waals surface area contributed by atoms with Crippen molar-refractivity contribution in [2.75, 3.05) is 13.2 Å². The standard InChI is InChI=1S/C19H26N4O9/c20-8-15(26)21-13(7-10-1-3-11(25)4-2-10)18(30)22-12(5-6-16(27)28)17(29)23-14(9-24)19(31)32/h1-4,12-14,24-25H,5-9,20H2,(H,21,26)(H,22,30)(H,23,29)(H,27,28)(H,31,32). The molecule has 176 valence electrons. The van der Waals surface area contributed by atoms with Gasteiger partial charge in [0.25, 0.3) is 0 Å². The third-order valence-electron chi connectivity index (χ3n) is 4.29. The molecule has 9 N–H and O–H groups in total. The molecule has 0 heterocycles. The molecule has 3 amide bonds. The summed E-state index contributed by atoms with van der Waals surface area (Å²) in [6.45, 7) is -1.34. The van der Waals surface area contributed by atoms with Crippen molar-refractivity contribution >= 4 is 29.7 Å². The lowest BCUT2D eigenvalue weighted by molar-refractivity contribution is -0.144. The van der Waals surface area contributed by atoms with Crippen LogP contribution in [0.25, 0.3) is 0 Å². The summed E-state index contributed by atoms with van der Waals surface area (Å²) in [5.74, 6) is -5.32. The highest BCUT2D eigenvalue weighted by molar-refractivity contribution is 5.94. The van der Waals surface area contributed by atoms with E-state index < -0.39 is 67.4 Å². The Morgan fingerprint density at radius 2 is 1.44 bits per heavy atom. The van der Waals surface area contributed by atoms with Gasteiger partial charge in [-0.1, -0.05) is 12.1 Å². The fourth-order valence-corrected chi connectivity index (χ4v) is 2.60. The lowest BCUT2D eigenvalue weighted by Crippen LogP contribution is -2.57. The van der Waals surface area contributed by atoms with Crippen LogP contribution in [0.1, 0.15) is 18.4 Å². The number of aliphatic hydroxyl groups is 1. The van der Waals surface area contributed by atoms with Crippen molar-refractivity contribution in [3.8, 4) is 5.75 Å². The molecule has 13 heteroatoms. The molecular weight excluding hydrogens is 428 g/mol. The molecule has 3 atom stereocenters. The van der Waals surface area contributed by atoms with Gasteiger partial charge in [0.2, 0.25) is 17.7 Å². The Bertz CT molecular complexity index is 829. The Balaban J connectivity index is 3.03. The molecule has 0 spiro atoms. The molecule has 0 aromatic heterocycles. The number of aromatic hydroxyl groups is 1. The molecule has 1 aromatic rings. The van der Waals surface area contributed by atoms with E-state index in [-0.39, 0.29) is 18.6 Å². The molecule has 0 aliphatic rings. The van der Waals surface area contributed by atoms with Crippen LogP contribution in [-0.4, -0.2) is 81.4 Å². The first-order valence-corrected chi connectivity index (χ1v) is 9.50. The zero-order valence-electron chi connectivity index (χ0n) is 17.0. The van der Waals surface area contributed by atoms with Crippen LogP contribution < -0.4 is 21.7 Å². The van der Waals surface area contributed by atoms with E-state index in [1.807, 2.05) is 5.32 Å². The van der Waals surface area contributed by atoms with E-state index in [2.05, 4.69) is 10.6 Å². The van der Waals surface area contributed by atoms with Crippen LogP contribution in [0.5, 0.6) is 5.75 Å². The Labute approximate surface area is 182 Å². The number of carboxylic acid groups (broad SMARTS) is 2. The monoisotopic (exact) mass is 454 g/mol. The van der Waals surface area contributed by atoms with E-state index >= 15 is 0 Å². The molecule has 0 bridgehead atoms. The number of carbonyl (C=O) groups excluding carboxylic acids is 3. The number of hydrogen-bond acceptors (Lipinski definition) is 8. The molecule has 13 nitrogen and oxygen atoms in total. The Morgan fingerprint density at radius 1 is 0.875 bits per heavy atom. The molecular formula is C19H26N4O9. The number of rotatable bonds is 13. The van der Waals surface area contributed by atoms with Crippen LogP contribution in [0.4, 0.5) is 0 Å². The van der Waals surface area contributed by atoms with Gasteiger partial charge in [-0.05, 0) is 24.1 Å². The fraction of sp³-hybridized carbons (Fsp3) is 0.421. The number of phenols is 1. The van der Waals surface area contributed by atoms with Crippen molar-refractivity contribution in [1.82, 2.24) is 16.0 Å². The number of carbonyl (C=O) groups is 5. The second-order valence-corrected chi connectivity index (χ2v) is 6.77. The highest BCUT2D eigenvalue weighted by atomic mass is 16.4. The van der Waals surface area contributed by atoms with Gasteiger partial charge in [0, 0.05) is 12.8 Å². The van der Waals surface area contributed by atoms with Crippen molar-refractivity contribution in [3.05, 3.63) is 29.8 Å². The third kappa shape index (κ3) is 8.97. The van der Waals surface area contributed by atoms with Gasteiger partial charge in [-0.25, -0.2) is 4.79 Å². The van der Waals surface area contributed by atoms with Crippen LogP contribution >= 0.6 is 0 Å². The van der Waals surface area contributed by atoms with Gasteiger partial charge in [-0.3, -0.25) is 19.2 Å². The molecule has 0 saturated carbocycles. The maximum Gasteiger partial charge on any atom is 0.328 e. The molecule has 3 unspecified atom stereocenters. The van der Waals surface area contributed by atoms with Crippen LogP contribution in [0, 0.1) is 0 Å². The van der Waals surface area contributed by atoms with Crippen LogP contribution in [0.15, 0.2) is 24.3 Å². The Hall–Kier alpha value is -3.71. The maximum atomic E-state index is 12.8. The number of amides is 3. The van der Waals surface area contributed by atoms with E-state index in [4.69, 9.17) is 21.1 Å². The predicted octanol–water partition coefficient (Wildman–Crippen LogP) is -2.71. The van der Waals surface area contributed by atoms with Crippen molar-refractivity contribution in [1.29, 1.82) is 0 Å². The average Bonchev–Trinajstić information content (AvgIpc) is 2.74. The van der Waals surface area contributed by atoms with Crippen molar-refractivity contribution in [2.45, 2.75) is 37.4 Å². The highest BCUT2D eigenvalue weighted by Crippen LogP contribution is 2.12. The van der Waals surface area contributed by atoms with Gasteiger partial charge < -0.3 is 42.1 Å². The number of phenolic OH excluding ortho intramolecular Hbond substituents is 1. The van der Waals surface area contributed by atoms with Gasteiger partial charge in [-0.15, -0.1) is 0 Å². The number of aliphatic carboxylic acids is 2. The first-order chi connectivity index (χ1) is 15.1. The Kier molecular flexibility index (Phi) is 10.6. The molecule has 0 saturated heterocycles.